The molecule has 0 aliphatic carbocycles. The minimum absolute atomic E-state index is 0.0129. The summed E-state index contributed by atoms with van der Waals surface area (Å²) in [5.74, 6) is 0.0129. The molecule has 0 heterocycles. The van der Waals surface area contributed by atoms with Crippen molar-refractivity contribution in [3.05, 3.63) is 41.4 Å². The third kappa shape index (κ3) is 5.09. The normalized spacial score (nSPS) is 9.81. The van der Waals surface area contributed by atoms with Crippen LogP contribution in [0.4, 0.5) is 5.69 Å². The number of amides is 1. The highest BCUT2D eigenvalue weighted by atomic mass is 79.9. The summed E-state index contributed by atoms with van der Waals surface area (Å²) in [5, 5.41) is 5.89. The van der Waals surface area contributed by atoms with Crippen molar-refractivity contribution in [2.45, 2.75) is 6.42 Å². The molecular weight excluding hydrogens is 268 g/mol. The maximum Gasteiger partial charge on any atom is 0.225 e. The molecule has 0 unspecified atom stereocenters. The average Bonchev–Trinajstić information content (AvgIpc) is 2.28. The lowest BCUT2D eigenvalue weighted by Crippen LogP contribution is -2.21. The van der Waals surface area contributed by atoms with Gasteiger partial charge in [0.25, 0.3) is 0 Å². The Morgan fingerprint density at radius 1 is 1.38 bits per heavy atom. The van der Waals surface area contributed by atoms with Crippen molar-refractivity contribution in [3.63, 3.8) is 0 Å². The summed E-state index contributed by atoms with van der Waals surface area (Å²) in [6, 6.07) is 7.51. The minimum Gasteiger partial charge on any atom is -0.326 e. The summed E-state index contributed by atoms with van der Waals surface area (Å²) >= 11 is 3.34. The van der Waals surface area contributed by atoms with Gasteiger partial charge >= 0.3 is 0 Å². The Kier molecular flexibility index (Phi) is 5.82. The second-order valence-corrected chi connectivity index (χ2v) is 4.21. The van der Waals surface area contributed by atoms with E-state index in [4.69, 9.17) is 0 Å². The fraction of sp³-hybridized carbons (Fsp3) is 0.250. The van der Waals surface area contributed by atoms with Gasteiger partial charge in [-0.25, -0.2) is 0 Å². The van der Waals surface area contributed by atoms with Crippen LogP contribution < -0.4 is 10.6 Å². The molecule has 16 heavy (non-hydrogen) atoms. The standard InChI is InChI=1S/C12H15BrN2O/c1-2-8-14-9-7-12(16)15-11-5-3-10(13)4-6-11/h2-6,14H,1,7-9H2,(H,15,16). The molecule has 1 aromatic rings. The molecule has 4 heteroatoms. The number of halogens is 1. The topological polar surface area (TPSA) is 41.1 Å². The fourth-order valence-corrected chi connectivity index (χ4v) is 1.43. The number of carbonyl (C=O) groups is 1. The molecule has 2 N–H and O–H groups in total. The van der Waals surface area contributed by atoms with Crippen LogP contribution in [-0.4, -0.2) is 19.0 Å². The zero-order valence-corrected chi connectivity index (χ0v) is 10.6. The first-order valence-corrected chi connectivity index (χ1v) is 5.88. The van der Waals surface area contributed by atoms with E-state index in [9.17, 15) is 4.79 Å². The van der Waals surface area contributed by atoms with Crippen LogP contribution in [0.1, 0.15) is 6.42 Å². The van der Waals surface area contributed by atoms with Crippen LogP contribution in [0.25, 0.3) is 0 Å². The maximum absolute atomic E-state index is 11.5. The molecule has 86 valence electrons. The Labute approximate surface area is 104 Å². The Hall–Kier alpha value is -1.13. The van der Waals surface area contributed by atoms with Gasteiger partial charge in [0.15, 0.2) is 0 Å². The second-order valence-electron chi connectivity index (χ2n) is 3.30. The molecule has 0 aromatic heterocycles. The minimum atomic E-state index is 0.0129. The third-order valence-corrected chi connectivity index (χ3v) is 2.47. The van der Waals surface area contributed by atoms with Crippen molar-refractivity contribution in [1.29, 1.82) is 0 Å². The molecule has 0 saturated heterocycles. The smallest absolute Gasteiger partial charge is 0.225 e. The molecule has 0 saturated carbocycles. The Morgan fingerprint density at radius 3 is 2.69 bits per heavy atom. The van der Waals surface area contributed by atoms with E-state index in [1.54, 1.807) is 6.08 Å². The zero-order valence-electron chi connectivity index (χ0n) is 9.00. The van der Waals surface area contributed by atoms with Crippen LogP contribution >= 0.6 is 15.9 Å². The van der Waals surface area contributed by atoms with Gasteiger partial charge in [0, 0.05) is 29.7 Å². The summed E-state index contributed by atoms with van der Waals surface area (Å²) in [6.45, 7) is 4.97. The van der Waals surface area contributed by atoms with Crippen LogP contribution in [0.15, 0.2) is 41.4 Å². The summed E-state index contributed by atoms with van der Waals surface area (Å²) < 4.78 is 0.998. The number of benzene rings is 1. The average molecular weight is 283 g/mol. The van der Waals surface area contributed by atoms with Crippen LogP contribution in [-0.2, 0) is 4.79 Å². The van der Waals surface area contributed by atoms with Gasteiger partial charge in [0.05, 0.1) is 0 Å². The van der Waals surface area contributed by atoms with Crippen molar-refractivity contribution in [2.75, 3.05) is 18.4 Å². The second kappa shape index (κ2) is 7.19. The zero-order chi connectivity index (χ0) is 11.8. The first-order chi connectivity index (χ1) is 7.72. The molecule has 0 aliphatic heterocycles. The van der Waals surface area contributed by atoms with Gasteiger partial charge in [-0.3, -0.25) is 4.79 Å². The molecule has 0 fully saturated rings. The molecule has 1 amide bonds. The largest absolute Gasteiger partial charge is 0.326 e. The molecular formula is C12H15BrN2O. The van der Waals surface area contributed by atoms with Crippen LogP contribution in [0.2, 0.25) is 0 Å². The molecule has 1 rings (SSSR count). The summed E-state index contributed by atoms with van der Waals surface area (Å²) in [7, 11) is 0. The predicted octanol–water partition coefficient (Wildman–Crippen LogP) is 2.55. The third-order valence-electron chi connectivity index (χ3n) is 1.95. The lowest BCUT2D eigenvalue weighted by atomic mass is 10.3. The lowest BCUT2D eigenvalue weighted by molar-refractivity contribution is -0.116. The van der Waals surface area contributed by atoms with E-state index in [0.29, 0.717) is 13.0 Å². The van der Waals surface area contributed by atoms with Gasteiger partial charge in [-0.05, 0) is 24.3 Å². The summed E-state index contributed by atoms with van der Waals surface area (Å²) in [4.78, 5) is 11.5. The van der Waals surface area contributed by atoms with Crippen molar-refractivity contribution in [2.24, 2.45) is 0 Å². The lowest BCUT2D eigenvalue weighted by Gasteiger charge is -2.05. The van der Waals surface area contributed by atoms with E-state index in [1.807, 2.05) is 24.3 Å². The number of nitrogens with one attached hydrogen (secondary N) is 2. The molecule has 0 spiro atoms. The Bertz CT molecular complexity index is 349. The molecule has 0 atom stereocenters. The van der Waals surface area contributed by atoms with Crippen molar-refractivity contribution in [1.82, 2.24) is 5.32 Å². The van der Waals surface area contributed by atoms with Gasteiger partial charge in [-0.1, -0.05) is 22.0 Å². The number of hydrogen-bond donors (Lipinski definition) is 2. The summed E-state index contributed by atoms with van der Waals surface area (Å²) in [5.41, 5.74) is 0.817. The van der Waals surface area contributed by atoms with Crippen molar-refractivity contribution < 1.29 is 4.79 Å². The van der Waals surface area contributed by atoms with Crippen LogP contribution in [0.3, 0.4) is 0 Å². The molecule has 0 aliphatic rings. The van der Waals surface area contributed by atoms with E-state index < -0.39 is 0 Å². The van der Waals surface area contributed by atoms with E-state index >= 15 is 0 Å². The van der Waals surface area contributed by atoms with Gasteiger partial charge in [0.2, 0.25) is 5.91 Å². The van der Waals surface area contributed by atoms with Crippen LogP contribution in [0, 0.1) is 0 Å². The first kappa shape index (κ1) is 12.9. The van der Waals surface area contributed by atoms with Gasteiger partial charge in [-0.2, -0.15) is 0 Å². The van der Waals surface area contributed by atoms with E-state index in [-0.39, 0.29) is 5.91 Å². The first-order valence-electron chi connectivity index (χ1n) is 5.09. The monoisotopic (exact) mass is 282 g/mol. The molecule has 0 bridgehead atoms. The van der Waals surface area contributed by atoms with Crippen molar-refractivity contribution >= 4 is 27.5 Å². The number of hydrogen-bond acceptors (Lipinski definition) is 2. The highest BCUT2D eigenvalue weighted by Gasteiger charge is 2.00. The Morgan fingerprint density at radius 2 is 2.06 bits per heavy atom. The van der Waals surface area contributed by atoms with E-state index in [0.717, 1.165) is 16.7 Å². The van der Waals surface area contributed by atoms with Gasteiger partial charge in [0.1, 0.15) is 0 Å². The molecule has 0 radical (unpaired) electrons. The van der Waals surface area contributed by atoms with Gasteiger partial charge < -0.3 is 10.6 Å². The highest BCUT2D eigenvalue weighted by molar-refractivity contribution is 9.10. The predicted molar refractivity (Wildman–Crippen MR) is 70.5 cm³/mol. The highest BCUT2D eigenvalue weighted by Crippen LogP contribution is 2.13. The molecule has 3 nitrogen and oxygen atoms in total. The molecule has 1 aromatic carbocycles. The van der Waals surface area contributed by atoms with Crippen LogP contribution in [0.5, 0.6) is 0 Å². The number of anilines is 1. The maximum atomic E-state index is 11.5. The van der Waals surface area contributed by atoms with E-state index in [1.165, 1.54) is 0 Å². The van der Waals surface area contributed by atoms with E-state index in [2.05, 4.69) is 33.1 Å². The number of carbonyl (C=O) groups excluding carboxylic acids is 1. The fourth-order valence-electron chi connectivity index (χ4n) is 1.16. The quantitative estimate of drug-likeness (QED) is 0.622. The Balaban J connectivity index is 2.28. The van der Waals surface area contributed by atoms with Crippen molar-refractivity contribution in [3.8, 4) is 0 Å². The van der Waals surface area contributed by atoms with Gasteiger partial charge in [-0.15, -0.1) is 6.58 Å². The summed E-state index contributed by atoms with van der Waals surface area (Å²) in [6.07, 6.45) is 2.23. The number of rotatable bonds is 6. The SMILES string of the molecule is C=CCNCCC(=O)Nc1ccc(Br)cc1.